The number of piperidine rings is 1. The number of fused-ring (bicyclic) bond motifs is 2. The molecule has 3 fully saturated rings. The van der Waals surface area contributed by atoms with Gasteiger partial charge in [-0.15, -0.1) is 11.3 Å². The Morgan fingerprint density at radius 1 is 0.926 bits per heavy atom. The van der Waals surface area contributed by atoms with Crippen molar-refractivity contribution in [3.8, 4) is 17.4 Å². The van der Waals surface area contributed by atoms with E-state index in [1.54, 1.807) is 60.2 Å². The number of aliphatic hydroxyl groups excluding tert-OH is 1. The average Bonchev–Trinajstić information content (AvgIpc) is 4.12. The second-order valence-electron chi connectivity index (χ2n) is 17.8. The maximum Gasteiger partial charge on any atom is 0.254 e. The molecule has 1 aliphatic carbocycles. The van der Waals surface area contributed by atoms with E-state index in [0.29, 0.717) is 61.8 Å². The molecular formula is C48H64F2N8O9S. The lowest BCUT2D eigenvalue weighted by Gasteiger charge is -2.40. The van der Waals surface area contributed by atoms with Crippen molar-refractivity contribution >= 4 is 44.3 Å². The Morgan fingerprint density at radius 2 is 1.65 bits per heavy atom. The number of hydrogen-bond acceptors (Lipinski definition) is 15. The number of thiophene rings is 1. The number of halogens is 2. The molecule has 2 amide bonds. The number of nitrogens with zero attached hydrogens (tertiary/aromatic N) is 6. The van der Waals surface area contributed by atoms with Gasteiger partial charge in [0.05, 0.1) is 60.4 Å². The number of hydrogen-bond donors (Lipinski definition) is 3. The molecule has 68 heavy (non-hydrogen) atoms. The highest BCUT2D eigenvalue weighted by Crippen LogP contribution is 2.36. The van der Waals surface area contributed by atoms with E-state index < -0.39 is 29.9 Å². The Bertz CT molecular complexity index is 2430. The van der Waals surface area contributed by atoms with Crippen molar-refractivity contribution in [3.63, 3.8) is 0 Å². The monoisotopic (exact) mass is 966 g/mol. The summed E-state index contributed by atoms with van der Waals surface area (Å²) < 4.78 is 67.4. The average molecular weight is 967 g/mol. The van der Waals surface area contributed by atoms with Crippen molar-refractivity contribution in [3.05, 3.63) is 65.0 Å². The molecule has 1 unspecified atom stereocenters. The Morgan fingerprint density at radius 3 is 2.38 bits per heavy atom. The Labute approximate surface area is 398 Å². The molecule has 370 valence electrons. The number of aliphatic hydroxyl groups is 1. The Kier molecular flexibility index (Phi) is 17.1. The van der Waals surface area contributed by atoms with Crippen LogP contribution in [0.3, 0.4) is 0 Å². The maximum absolute atomic E-state index is 15.2. The van der Waals surface area contributed by atoms with Gasteiger partial charge in [-0.05, 0) is 74.3 Å². The van der Waals surface area contributed by atoms with E-state index >= 15 is 4.39 Å². The molecule has 3 N–H and O–H groups in total. The number of aromatic nitrogens is 3. The first-order chi connectivity index (χ1) is 33.1. The van der Waals surface area contributed by atoms with Crippen molar-refractivity contribution in [1.82, 2.24) is 40.0 Å². The molecule has 0 spiro atoms. The van der Waals surface area contributed by atoms with Gasteiger partial charge in [0.25, 0.3) is 5.88 Å². The van der Waals surface area contributed by atoms with Crippen LogP contribution < -0.4 is 24.8 Å². The number of carbonyl (C=O) groups is 2. The number of ether oxygens (including phenoxy) is 5. The van der Waals surface area contributed by atoms with E-state index in [0.717, 1.165) is 85.8 Å². The fourth-order valence-electron chi connectivity index (χ4n) is 9.32. The first-order valence-corrected chi connectivity index (χ1v) is 24.7. The second-order valence-corrected chi connectivity index (χ2v) is 18.7. The number of likely N-dealkylation sites (N-methyl/N-ethyl adjacent to an activating group) is 1. The van der Waals surface area contributed by atoms with E-state index in [2.05, 4.69) is 25.7 Å². The largest absolute Gasteiger partial charge is 0.489 e. The minimum Gasteiger partial charge on any atom is -0.489 e. The predicted molar refractivity (Wildman–Crippen MR) is 251 cm³/mol. The van der Waals surface area contributed by atoms with Gasteiger partial charge in [-0.1, -0.05) is 19.3 Å². The van der Waals surface area contributed by atoms with Crippen LogP contribution in [0.2, 0.25) is 0 Å². The summed E-state index contributed by atoms with van der Waals surface area (Å²) in [4.78, 5) is 37.1. The van der Waals surface area contributed by atoms with Crippen molar-refractivity contribution in [2.75, 3.05) is 86.0 Å². The van der Waals surface area contributed by atoms with Gasteiger partial charge in [0.2, 0.25) is 17.6 Å². The molecule has 4 aromatic heterocycles. The Hall–Kier alpha value is -4.96. The first-order valence-electron chi connectivity index (χ1n) is 23.8. The van der Waals surface area contributed by atoms with Gasteiger partial charge in [0.15, 0.2) is 17.3 Å². The van der Waals surface area contributed by atoms with Crippen LogP contribution in [-0.4, -0.2) is 150 Å². The number of amides is 2. The number of benzene rings is 1. The molecule has 2 saturated heterocycles. The SMILES string of the molecule is CN[C@@H](C)C(=O)N[C@H](C(=O)N1CCN(C(O)c2cc3c(OCCOCCOCCOc4cc(CN5CCC(Oc6ccnc7ccsc67)CC5)on4)c(F)c(F)cc3n2C)CC1)C1CCCCC1. The zero-order chi connectivity index (χ0) is 47.6. The van der Waals surface area contributed by atoms with Gasteiger partial charge in [-0.25, -0.2) is 4.39 Å². The number of rotatable bonds is 22. The van der Waals surface area contributed by atoms with E-state index in [-0.39, 0.29) is 62.6 Å². The topological polar surface area (TPSA) is 178 Å². The standard InChI is InChI=1S/C48H64F2N8O9S/c1-31(51-2)46(59)53-43(32-7-5-4-6-8-32)48(61)58-18-16-57(17-19-58)47(60)39-28-35-38(55(39)3)29-36(49)42(50)44(35)65-25-23-63-21-20-62-22-24-64-41-27-34(67-54-41)30-56-14-10-33(11-15-56)66-40-9-13-52-37-12-26-68-45(37)40/h9,12-13,26-29,31-33,43,47,51,60H,4-8,10-11,14-25,30H2,1-3H3,(H,53,59)/t31-,43-,47?/m0/s1. The molecule has 3 atom stereocenters. The minimum atomic E-state index is -1.13. The molecule has 8 rings (SSSR count). The summed E-state index contributed by atoms with van der Waals surface area (Å²) in [6, 6.07) is 7.40. The lowest BCUT2D eigenvalue weighted by molar-refractivity contribution is -0.142. The highest BCUT2D eigenvalue weighted by molar-refractivity contribution is 7.17. The molecule has 0 bridgehead atoms. The third-order valence-corrected chi connectivity index (χ3v) is 14.3. The zero-order valence-electron chi connectivity index (χ0n) is 39.1. The van der Waals surface area contributed by atoms with Crippen molar-refractivity contribution in [1.29, 1.82) is 0 Å². The molecule has 6 heterocycles. The third kappa shape index (κ3) is 12.1. The number of pyridine rings is 1. The van der Waals surface area contributed by atoms with Gasteiger partial charge in [0.1, 0.15) is 37.3 Å². The molecular weight excluding hydrogens is 903 g/mol. The van der Waals surface area contributed by atoms with Crippen molar-refractivity contribution in [2.45, 2.75) is 82.8 Å². The number of aryl methyl sites for hydroxylation is 1. The summed E-state index contributed by atoms with van der Waals surface area (Å²) >= 11 is 1.64. The van der Waals surface area contributed by atoms with Gasteiger partial charge in [-0.3, -0.25) is 24.4 Å². The van der Waals surface area contributed by atoms with Crippen LogP contribution >= 0.6 is 11.3 Å². The van der Waals surface area contributed by atoms with Crippen molar-refractivity contribution in [2.24, 2.45) is 13.0 Å². The van der Waals surface area contributed by atoms with Gasteiger partial charge < -0.3 is 53.4 Å². The smallest absolute Gasteiger partial charge is 0.254 e. The molecule has 3 aliphatic rings. The number of carbonyl (C=O) groups excluding carboxylic acids is 2. The van der Waals surface area contributed by atoms with Crippen LogP contribution in [0.15, 0.2) is 46.4 Å². The number of nitrogens with one attached hydrogen (secondary N) is 2. The lowest BCUT2D eigenvalue weighted by atomic mass is 9.83. The van der Waals surface area contributed by atoms with Crippen LogP contribution in [0.5, 0.6) is 17.4 Å². The molecule has 17 nitrogen and oxygen atoms in total. The van der Waals surface area contributed by atoms with E-state index in [4.69, 9.17) is 28.2 Å². The quantitative estimate of drug-likeness (QED) is 0.0752. The summed E-state index contributed by atoms with van der Waals surface area (Å²) in [5.74, 6) is -0.706. The fourth-order valence-corrected chi connectivity index (χ4v) is 10.1. The normalized spacial score (nSPS) is 18.2. The zero-order valence-corrected chi connectivity index (χ0v) is 39.9. The molecule has 1 aromatic carbocycles. The van der Waals surface area contributed by atoms with Crippen LogP contribution in [0.25, 0.3) is 21.1 Å². The summed E-state index contributed by atoms with van der Waals surface area (Å²) in [6.45, 7) is 6.70. The summed E-state index contributed by atoms with van der Waals surface area (Å²) in [7, 11) is 3.39. The Balaban J connectivity index is 0.727. The molecule has 1 saturated carbocycles. The summed E-state index contributed by atoms with van der Waals surface area (Å²) in [6.07, 6.45) is 7.59. The van der Waals surface area contributed by atoms with Gasteiger partial charge >= 0.3 is 0 Å². The van der Waals surface area contributed by atoms with Crippen LogP contribution in [0, 0.1) is 17.6 Å². The third-order valence-electron chi connectivity index (χ3n) is 13.4. The lowest BCUT2D eigenvalue weighted by Crippen LogP contribution is -2.59. The maximum atomic E-state index is 15.2. The molecule has 20 heteroatoms. The van der Waals surface area contributed by atoms with Crippen LogP contribution in [0.1, 0.15) is 69.6 Å². The van der Waals surface area contributed by atoms with E-state index in [1.165, 1.54) is 0 Å². The second kappa shape index (κ2) is 23.6. The minimum absolute atomic E-state index is 0.0534. The highest BCUT2D eigenvalue weighted by atomic mass is 32.1. The fraction of sp³-hybridized carbons (Fsp3) is 0.583. The van der Waals surface area contributed by atoms with Crippen LogP contribution in [-0.2, 0) is 32.7 Å². The summed E-state index contributed by atoms with van der Waals surface area (Å²) in [5.41, 5.74) is 1.73. The van der Waals surface area contributed by atoms with E-state index in [1.807, 2.05) is 22.4 Å². The highest BCUT2D eigenvalue weighted by Gasteiger charge is 2.37. The summed E-state index contributed by atoms with van der Waals surface area (Å²) in [5, 5.41) is 23.9. The van der Waals surface area contributed by atoms with Gasteiger partial charge in [-0.2, -0.15) is 4.39 Å². The van der Waals surface area contributed by atoms with Gasteiger partial charge in [0, 0.05) is 70.0 Å². The van der Waals surface area contributed by atoms with Crippen LogP contribution in [0.4, 0.5) is 8.78 Å². The van der Waals surface area contributed by atoms with Crippen molar-refractivity contribution < 1.29 is 51.7 Å². The molecule has 0 radical (unpaired) electrons. The molecule has 5 aromatic rings. The first kappa shape index (κ1) is 49.5. The number of piperazine rings is 1. The molecule has 2 aliphatic heterocycles. The predicted octanol–water partition coefficient (Wildman–Crippen LogP) is 5.40. The van der Waals surface area contributed by atoms with E-state index in [9.17, 15) is 19.1 Å². The number of likely N-dealkylation sites (tertiary alicyclic amines) is 1.